The third-order valence-corrected chi connectivity index (χ3v) is 6.96. The Kier molecular flexibility index (Phi) is 7.28. The van der Waals surface area contributed by atoms with Crippen molar-refractivity contribution < 1.29 is 9.53 Å². The van der Waals surface area contributed by atoms with E-state index in [1.165, 1.54) is 5.56 Å². The predicted octanol–water partition coefficient (Wildman–Crippen LogP) is 5.71. The first kappa shape index (κ1) is 23.6. The van der Waals surface area contributed by atoms with Gasteiger partial charge in [-0.25, -0.2) is 4.98 Å². The maximum absolute atomic E-state index is 12.6. The van der Waals surface area contributed by atoms with Crippen LogP contribution in [0.3, 0.4) is 0 Å². The maximum Gasteiger partial charge on any atom is 0.251 e. The normalized spacial score (nSPS) is 10.9. The van der Waals surface area contributed by atoms with Crippen molar-refractivity contribution in [1.29, 1.82) is 0 Å². The van der Waals surface area contributed by atoms with Crippen LogP contribution in [0.15, 0.2) is 102 Å². The molecule has 5 aromatic rings. The van der Waals surface area contributed by atoms with Crippen LogP contribution in [0.1, 0.15) is 27.0 Å². The van der Waals surface area contributed by atoms with Gasteiger partial charge in [0.1, 0.15) is 5.75 Å². The van der Waals surface area contributed by atoms with Crippen LogP contribution in [0.5, 0.6) is 5.75 Å². The molecule has 36 heavy (non-hydrogen) atoms. The Hall–Kier alpha value is -4.10. The lowest BCUT2D eigenvalue weighted by Gasteiger charge is -2.10. The number of methoxy groups -OCH3 is 1. The SMILES string of the molecule is COc1ccccc1CNC(=O)c1ccc(CSc2nc3ccncc3n2Cc2ccccc2)cc1. The van der Waals surface area contributed by atoms with Crippen molar-refractivity contribution >= 4 is 28.7 Å². The third kappa shape index (κ3) is 5.42. The lowest BCUT2D eigenvalue weighted by molar-refractivity contribution is 0.0950. The zero-order valence-corrected chi connectivity index (χ0v) is 20.7. The van der Waals surface area contributed by atoms with Gasteiger partial charge < -0.3 is 14.6 Å². The molecule has 0 unspecified atom stereocenters. The molecular weight excluding hydrogens is 468 g/mol. The van der Waals surface area contributed by atoms with E-state index in [1.54, 1.807) is 25.1 Å². The van der Waals surface area contributed by atoms with E-state index in [2.05, 4.69) is 27.0 Å². The Bertz CT molecular complexity index is 1470. The number of nitrogens with zero attached hydrogens (tertiary/aromatic N) is 3. The molecule has 5 rings (SSSR count). The van der Waals surface area contributed by atoms with E-state index in [-0.39, 0.29) is 5.91 Å². The summed E-state index contributed by atoms with van der Waals surface area (Å²) < 4.78 is 7.57. The van der Waals surface area contributed by atoms with Crippen LogP contribution >= 0.6 is 11.8 Å². The lowest BCUT2D eigenvalue weighted by Crippen LogP contribution is -2.23. The number of ether oxygens (including phenoxy) is 1. The zero-order valence-electron chi connectivity index (χ0n) is 19.9. The summed E-state index contributed by atoms with van der Waals surface area (Å²) in [5, 5.41) is 3.91. The number of nitrogens with one attached hydrogen (secondary N) is 1. The molecule has 0 fully saturated rings. The van der Waals surface area contributed by atoms with Crippen molar-refractivity contribution in [1.82, 2.24) is 19.9 Å². The van der Waals surface area contributed by atoms with E-state index in [1.807, 2.05) is 79.0 Å². The van der Waals surface area contributed by atoms with Crippen LogP contribution in [0.25, 0.3) is 11.0 Å². The van der Waals surface area contributed by atoms with Gasteiger partial charge in [-0.15, -0.1) is 0 Å². The van der Waals surface area contributed by atoms with Crippen LogP contribution in [0, 0.1) is 0 Å². The molecule has 6 nitrogen and oxygen atoms in total. The molecule has 0 aliphatic rings. The van der Waals surface area contributed by atoms with Crippen molar-refractivity contribution in [2.24, 2.45) is 0 Å². The summed E-state index contributed by atoms with van der Waals surface area (Å²) in [6, 6.07) is 27.7. The highest BCUT2D eigenvalue weighted by molar-refractivity contribution is 7.98. The number of fused-ring (bicyclic) bond motifs is 1. The van der Waals surface area contributed by atoms with Gasteiger partial charge >= 0.3 is 0 Å². The molecule has 3 aromatic carbocycles. The molecule has 0 spiro atoms. The molecule has 0 bridgehead atoms. The topological polar surface area (TPSA) is 69.0 Å². The Labute approximate surface area is 214 Å². The number of para-hydroxylation sites is 1. The summed E-state index contributed by atoms with van der Waals surface area (Å²) in [7, 11) is 1.63. The summed E-state index contributed by atoms with van der Waals surface area (Å²) >= 11 is 1.68. The fourth-order valence-corrected chi connectivity index (χ4v) is 4.97. The smallest absolute Gasteiger partial charge is 0.251 e. The minimum atomic E-state index is -0.114. The maximum atomic E-state index is 12.6. The fourth-order valence-electron chi connectivity index (χ4n) is 4.00. The number of carbonyl (C=O) groups is 1. The Morgan fingerprint density at radius 2 is 1.72 bits per heavy atom. The largest absolute Gasteiger partial charge is 0.496 e. The lowest BCUT2D eigenvalue weighted by atomic mass is 10.1. The van der Waals surface area contributed by atoms with Gasteiger partial charge in [-0.1, -0.05) is 72.4 Å². The summed E-state index contributed by atoms with van der Waals surface area (Å²) in [6.07, 6.45) is 3.64. The van der Waals surface area contributed by atoms with Crippen molar-refractivity contribution in [2.45, 2.75) is 24.0 Å². The van der Waals surface area contributed by atoms with Crippen LogP contribution in [0.2, 0.25) is 0 Å². The quantitative estimate of drug-likeness (QED) is 0.266. The number of carbonyl (C=O) groups excluding carboxylic acids is 1. The Morgan fingerprint density at radius 3 is 2.53 bits per heavy atom. The summed E-state index contributed by atoms with van der Waals surface area (Å²) in [6.45, 7) is 1.14. The van der Waals surface area contributed by atoms with Gasteiger partial charge in [-0.05, 0) is 35.4 Å². The molecule has 0 radical (unpaired) electrons. The number of benzene rings is 3. The molecule has 2 heterocycles. The predicted molar refractivity (Wildman–Crippen MR) is 143 cm³/mol. The second-order valence-corrected chi connectivity index (χ2v) is 9.25. The highest BCUT2D eigenvalue weighted by Gasteiger charge is 2.13. The van der Waals surface area contributed by atoms with Crippen LogP contribution in [0.4, 0.5) is 0 Å². The van der Waals surface area contributed by atoms with Gasteiger partial charge in [0.25, 0.3) is 5.91 Å². The van der Waals surface area contributed by atoms with E-state index in [9.17, 15) is 4.79 Å². The molecule has 0 atom stereocenters. The van der Waals surface area contributed by atoms with Crippen molar-refractivity contribution in [3.8, 4) is 5.75 Å². The standard InChI is InChI=1S/C29H26N4O2S/c1-35-27-10-6-5-9-24(27)17-31-28(34)23-13-11-22(12-14-23)20-36-29-32-25-15-16-30-18-26(25)33(29)19-21-7-3-2-4-8-21/h2-16,18H,17,19-20H2,1H3,(H,31,34). The van der Waals surface area contributed by atoms with Gasteiger partial charge in [-0.3, -0.25) is 9.78 Å². The molecule has 2 aromatic heterocycles. The van der Waals surface area contributed by atoms with E-state index >= 15 is 0 Å². The van der Waals surface area contributed by atoms with Gasteiger partial charge in [0.2, 0.25) is 0 Å². The monoisotopic (exact) mass is 494 g/mol. The van der Waals surface area contributed by atoms with Crippen LogP contribution < -0.4 is 10.1 Å². The summed E-state index contributed by atoms with van der Waals surface area (Å²) in [5.41, 5.74) is 5.86. The van der Waals surface area contributed by atoms with Crippen molar-refractivity contribution in [3.63, 3.8) is 0 Å². The average Bonchev–Trinajstić information content (AvgIpc) is 3.28. The molecule has 0 saturated carbocycles. The molecule has 1 N–H and O–H groups in total. The highest BCUT2D eigenvalue weighted by Crippen LogP contribution is 2.27. The molecular formula is C29H26N4O2S. The number of hydrogen-bond donors (Lipinski definition) is 1. The minimum absolute atomic E-state index is 0.114. The third-order valence-electron chi connectivity index (χ3n) is 5.92. The highest BCUT2D eigenvalue weighted by atomic mass is 32.2. The molecule has 0 aliphatic heterocycles. The van der Waals surface area contributed by atoms with Crippen molar-refractivity contribution in [3.05, 3.63) is 120 Å². The van der Waals surface area contributed by atoms with Gasteiger partial charge in [-0.2, -0.15) is 0 Å². The molecule has 1 amide bonds. The average molecular weight is 495 g/mol. The zero-order chi connectivity index (χ0) is 24.7. The van der Waals surface area contributed by atoms with E-state index < -0.39 is 0 Å². The number of pyridine rings is 1. The molecule has 0 saturated heterocycles. The molecule has 180 valence electrons. The summed E-state index contributed by atoms with van der Waals surface area (Å²) in [5.74, 6) is 1.39. The number of hydrogen-bond acceptors (Lipinski definition) is 5. The number of rotatable bonds is 9. The number of amides is 1. The first-order valence-electron chi connectivity index (χ1n) is 11.7. The van der Waals surface area contributed by atoms with Gasteiger partial charge in [0.05, 0.1) is 30.9 Å². The Morgan fingerprint density at radius 1 is 0.944 bits per heavy atom. The first-order valence-corrected chi connectivity index (χ1v) is 12.7. The second-order valence-electron chi connectivity index (χ2n) is 8.31. The van der Waals surface area contributed by atoms with Crippen molar-refractivity contribution in [2.75, 3.05) is 7.11 Å². The summed E-state index contributed by atoms with van der Waals surface area (Å²) in [4.78, 5) is 21.8. The van der Waals surface area contributed by atoms with E-state index in [0.29, 0.717) is 12.1 Å². The second kappa shape index (κ2) is 11.1. The van der Waals surface area contributed by atoms with Gasteiger partial charge in [0, 0.05) is 29.6 Å². The number of imidazole rings is 1. The van der Waals surface area contributed by atoms with Crippen LogP contribution in [-0.2, 0) is 18.8 Å². The molecule has 7 heteroatoms. The first-order chi connectivity index (χ1) is 17.7. The minimum Gasteiger partial charge on any atom is -0.496 e. The van der Waals surface area contributed by atoms with E-state index in [4.69, 9.17) is 9.72 Å². The fraction of sp³-hybridized carbons (Fsp3) is 0.138. The molecule has 0 aliphatic carbocycles. The van der Waals surface area contributed by atoms with Gasteiger partial charge in [0.15, 0.2) is 5.16 Å². The Balaban J connectivity index is 1.25. The van der Waals surface area contributed by atoms with E-state index in [0.717, 1.165) is 45.4 Å². The number of thioether (sulfide) groups is 1. The number of aromatic nitrogens is 3. The van der Waals surface area contributed by atoms with Crippen LogP contribution in [-0.4, -0.2) is 27.6 Å².